The monoisotopic (exact) mass is 294 g/mol. The van der Waals surface area contributed by atoms with Crippen molar-refractivity contribution >= 4 is 11.5 Å². The smallest absolute Gasteiger partial charge is 0.239 e. The lowest BCUT2D eigenvalue weighted by Crippen LogP contribution is -2.43. The van der Waals surface area contributed by atoms with Crippen LogP contribution < -0.4 is 15.8 Å². The number of ether oxygens (including phenoxy) is 2. The van der Waals surface area contributed by atoms with E-state index >= 15 is 0 Å². The molecule has 1 unspecified atom stereocenters. The molecule has 1 aromatic rings. The number of rotatable bonds is 6. The fraction of sp³-hybridized carbons (Fsp3) is 0.667. The summed E-state index contributed by atoms with van der Waals surface area (Å²) in [4.78, 5) is 6.69. The molecule has 6 heteroatoms. The van der Waals surface area contributed by atoms with Crippen molar-refractivity contribution in [3.05, 3.63) is 12.1 Å². The van der Waals surface area contributed by atoms with Crippen LogP contribution in [0.5, 0.6) is 5.88 Å². The van der Waals surface area contributed by atoms with Crippen LogP contribution in [0.3, 0.4) is 0 Å². The van der Waals surface area contributed by atoms with E-state index < -0.39 is 0 Å². The molecule has 1 aliphatic heterocycles. The van der Waals surface area contributed by atoms with E-state index in [9.17, 15) is 0 Å². The van der Waals surface area contributed by atoms with Crippen LogP contribution in [0.25, 0.3) is 0 Å². The predicted molar refractivity (Wildman–Crippen MR) is 84.7 cm³/mol. The van der Waals surface area contributed by atoms with Gasteiger partial charge in [-0.1, -0.05) is 13.8 Å². The summed E-state index contributed by atoms with van der Waals surface area (Å²) in [6.07, 6.45) is 0.183. The molecule has 2 heterocycles. The van der Waals surface area contributed by atoms with E-state index in [4.69, 9.17) is 15.2 Å². The minimum atomic E-state index is 0.183. The molecule has 0 aliphatic carbocycles. The maximum atomic E-state index is 5.89. The van der Waals surface area contributed by atoms with Crippen molar-refractivity contribution in [2.75, 3.05) is 50.9 Å². The molecule has 6 nitrogen and oxygen atoms in total. The Morgan fingerprint density at radius 1 is 1.52 bits per heavy atom. The third kappa shape index (κ3) is 5.06. The Morgan fingerprint density at radius 3 is 3.05 bits per heavy atom. The van der Waals surface area contributed by atoms with Crippen LogP contribution in [0, 0.1) is 5.92 Å². The van der Waals surface area contributed by atoms with Gasteiger partial charge in [-0.3, -0.25) is 0 Å². The Hall–Kier alpha value is -1.53. The molecule has 0 radical (unpaired) electrons. The molecule has 0 amide bonds. The van der Waals surface area contributed by atoms with Crippen LogP contribution in [-0.2, 0) is 4.74 Å². The van der Waals surface area contributed by atoms with Gasteiger partial charge in [0.05, 0.1) is 25.0 Å². The molecular formula is C15H26N4O2. The molecule has 1 aliphatic rings. The molecule has 0 bridgehead atoms. The minimum Gasteiger partial charge on any atom is -0.476 e. The van der Waals surface area contributed by atoms with Gasteiger partial charge >= 0.3 is 0 Å². The Morgan fingerprint density at radius 2 is 2.33 bits per heavy atom. The van der Waals surface area contributed by atoms with Crippen LogP contribution in [0.15, 0.2) is 12.1 Å². The number of nitrogen functional groups attached to an aromatic ring is 1. The molecule has 0 spiro atoms. The molecule has 1 aromatic heterocycles. The summed E-state index contributed by atoms with van der Waals surface area (Å²) in [6.45, 7) is 8.22. The topological polar surface area (TPSA) is 72.6 Å². The number of nitrogens with one attached hydrogen (secondary N) is 1. The quantitative estimate of drug-likeness (QED) is 0.827. The molecule has 0 aromatic carbocycles. The van der Waals surface area contributed by atoms with Gasteiger partial charge in [-0.25, -0.2) is 0 Å². The molecule has 1 atom stereocenters. The summed E-state index contributed by atoms with van der Waals surface area (Å²) >= 11 is 0. The van der Waals surface area contributed by atoms with Gasteiger partial charge in [0.2, 0.25) is 5.88 Å². The van der Waals surface area contributed by atoms with Crippen LogP contribution in [0.4, 0.5) is 11.5 Å². The highest BCUT2D eigenvalue weighted by molar-refractivity contribution is 5.53. The average Bonchev–Trinajstić information content (AvgIpc) is 2.45. The Balaban J connectivity index is 1.89. The minimum absolute atomic E-state index is 0.183. The molecule has 21 heavy (non-hydrogen) atoms. The number of morpholine rings is 1. The molecule has 1 saturated heterocycles. The number of anilines is 2. The standard InChI is InChI=1S/C15H26N4O2/c1-11(2)10-21-15-13(16)4-5-14(18-15)17-8-12-9-19(3)6-7-20-12/h4-5,11-12H,6-10,16H2,1-3H3,(H,17,18). The third-order valence-electron chi connectivity index (χ3n) is 3.30. The lowest BCUT2D eigenvalue weighted by molar-refractivity contribution is -0.0117. The van der Waals surface area contributed by atoms with E-state index in [2.05, 4.69) is 36.1 Å². The number of pyridine rings is 1. The van der Waals surface area contributed by atoms with Crippen LogP contribution in [0.1, 0.15) is 13.8 Å². The lowest BCUT2D eigenvalue weighted by atomic mass is 10.2. The zero-order chi connectivity index (χ0) is 15.2. The Labute approximate surface area is 126 Å². The zero-order valence-electron chi connectivity index (χ0n) is 13.1. The number of nitrogens with zero attached hydrogens (tertiary/aromatic N) is 2. The number of hydrogen-bond acceptors (Lipinski definition) is 6. The van der Waals surface area contributed by atoms with Gasteiger partial charge in [-0.2, -0.15) is 4.98 Å². The lowest BCUT2D eigenvalue weighted by Gasteiger charge is -2.30. The van der Waals surface area contributed by atoms with E-state index in [1.54, 1.807) is 0 Å². The van der Waals surface area contributed by atoms with E-state index in [0.29, 0.717) is 24.1 Å². The molecule has 0 saturated carbocycles. The molecule has 118 valence electrons. The molecular weight excluding hydrogens is 268 g/mol. The first-order valence-corrected chi connectivity index (χ1v) is 7.48. The Bertz CT molecular complexity index is 453. The van der Waals surface area contributed by atoms with Crippen molar-refractivity contribution in [3.63, 3.8) is 0 Å². The fourth-order valence-electron chi connectivity index (χ4n) is 2.12. The number of hydrogen-bond donors (Lipinski definition) is 2. The van der Waals surface area contributed by atoms with Crippen LogP contribution in [0.2, 0.25) is 0 Å². The molecule has 2 rings (SSSR count). The van der Waals surface area contributed by atoms with Crippen molar-refractivity contribution in [2.24, 2.45) is 5.92 Å². The highest BCUT2D eigenvalue weighted by atomic mass is 16.5. The van der Waals surface area contributed by atoms with E-state index in [0.717, 1.165) is 32.1 Å². The van der Waals surface area contributed by atoms with Gasteiger partial charge in [-0.15, -0.1) is 0 Å². The second kappa shape index (κ2) is 7.47. The largest absolute Gasteiger partial charge is 0.476 e. The average molecular weight is 294 g/mol. The van der Waals surface area contributed by atoms with Gasteiger partial charge in [0.1, 0.15) is 5.82 Å². The maximum absolute atomic E-state index is 5.89. The molecule has 3 N–H and O–H groups in total. The predicted octanol–water partition coefficient (Wildman–Crippen LogP) is 1.44. The second-order valence-corrected chi connectivity index (χ2v) is 5.93. The van der Waals surface area contributed by atoms with E-state index in [1.165, 1.54) is 0 Å². The summed E-state index contributed by atoms with van der Waals surface area (Å²) < 4.78 is 11.3. The maximum Gasteiger partial charge on any atom is 0.239 e. The first-order valence-electron chi connectivity index (χ1n) is 7.48. The summed E-state index contributed by atoms with van der Waals surface area (Å²) in [7, 11) is 2.11. The van der Waals surface area contributed by atoms with Crippen molar-refractivity contribution in [1.29, 1.82) is 0 Å². The summed E-state index contributed by atoms with van der Waals surface area (Å²) in [5.74, 6) is 1.70. The number of nitrogens with two attached hydrogens (primary N) is 1. The fourth-order valence-corrected chi connectivity index (χ4v) is 2.12. The second-order valence-electron chi connectivity index (χ2n) is 5.93. The van der Waals surface area contributed by atoms with E-state index in [-0.39, 0.29) is 6.10 Å². The first-order chi connectivity index (χ1) is 10.0. The van der Waals surface area contributed by atoms with Gasteiger partial charge in [0.25, 0.3) is 0 Å². The van der Waals surface area contributed by atoms with Crippen LogP contribution >= 0.6 is 0 Å². The first kappa shape index (κ1) is 15.9. The highest BCUT2D eigenvalue weighted by Crippen LogP contribution is 2.21. The Kier molecular flexibility index (Phi) is 5.64. The normalized spacial score (nSPS) is 19.7. The van der Waals surface area contributed by atoms with E-state index in [1.807, 2.05) is 12.1 Å². The SMILES string of the molecule is CC(C)COc1nc(NCC2CN(C)CCO2)ccc1N. The van der Waals surface area contributed by atoms with Crippen molar-refractivity contribution < 1.29 is 9.47 Å². The summed E-state index contributed by atoms with van der Waals surface area (Å²) in [5, 5.41) is 3.29. The van der Waals surface area contributed by atoms with Crippen molar-refractivity contribution in [2.45, 2.75) is 20.0 Å². The number of aromatic nitrogens is 1. The highest BCUT2D eigenvalue weighted by Gasteiger charge is 2.17. The number of likely N-dealkylation sites (N-methyl/N-ethyl adjacent to an activating group) is 1. The molecule has 1 fully saturated rings. The summed E-state index contributed by atoms with van der Waals surface area (Å²) in [5.41, 5.74) is 6.45. The third-order valence-corrected chi connectivity index (χ3v) is 3.30. The van der Waals surface area contributed by atoms with Gasteiger partial charge < -0.3 is 25.4 Å². The van der Waals surface area contributed by atoms with Crippen molar-refractivity contribution in [1.82, 2.24) is 9.88 Å². The van der Waals surface area contributed by atoms with Crippen LogP contribution in [-0.4, -0.2) is 55.9 Å². The van der Waals surface area contributed by atoms with Crippen molar-refractivity contribution in [3.8, 4) is 5.88 Å². The van der Waals surface area contributed by atoms with Gasteiger partial charge in [0, 0.05) is 19.6 Å². The summed E-state index contributed by atoms with van der Waals surface area (Å²) in [6, 6.07) is 3.68. The van der Waals surface area contributed by atoms with Gasteiger partial charge in [0.15, 0.2) is 0 Å². The van der Waals surface area contributed by atoms with Gasteiger partial charge in [-0.05, 0) is 25.1 Å². The zero-order valence-corrected chi connectivity index (χ0v) is 13.1.